The van der Waals surface area contributed by atoms with Crippen LogP contribution in [0.1, 0.15) is 22.1 Å². The Bertz CT molecular complexity index is 151. The lowest BCUT2D eigenvalue weighted by atomic mass is 9.87. The molecule has 0 saturated carbocycles. The summed E-state index contributed by atoms with van der Waals surface area (Å²) < 4.78 is 43.5. The average molecular weight is 208 g/mol. The van der Waals surface area contributed by atoms with Crippen LogP contribution in [0.3, 0.4) is 0 Å². The maximum absolute atomic E-state index is 12.2. The van der Waals surface area contributed by atoms with Crippen LogP contribution >= 0.6 is 12.4 Å². The van der Waals surface area contributed by atoms with Gasteiger partial charge in [-0.05, 0) is 5.41 Å². The lowest BCUT2D eigenvalue weighted by Gasteiger charge is -2.31. The van der Waals surface area contributed by atoms with Gasteiger partial charge < -0.3 is 0 Å². The SMILES string of the molecule is Cl.[2H]CC(C)(C)C(NN)C(F)(F)F. The van der Waals surface area contributed by atoms with E-state index in [1.807, 2.05) is 0 Å². The molecule has 0 bridgehead atoms. The molecule has 0 spiro atoms. The Morgan fingerprint density at radius 2 is 1.83 bits per heavy atom. The predicted molar refractivity (Wildman–Crippen MR) is 43.9 cm³/mol. The summed E-state index contributed by atoms with van der Waals surface area (Å²) in [6.45, 7) is 2.36. The second kappa shape index (κ2) is 4.30. The molecule has 0 heterocycles. The molecule has 0 amide bonds. The third-order valence-electron chi connectivity index (χ3n) is 1.28. The van der Waals surface area contributed by atoms with E-state index in [9.17, 15) is 13.2 Å². The summed E-state index contributed by atoms with van der Waals surface area (Å²) in [7, 11) is 0. The lowest BCUT2D eigenvalue weighted by Crippen LogP contribution is -2.53. The van der Waals surface area contributed by atoms with Crippen molar-refractivity contribution in [2.24, 2.45) is 11.3 Å². The molecular formula is C6H14ClF3N2. The minimum Gasteiger partial charge on any atom is -0.271 e. The molecule has 2 nitrogen and oxygen atoms in total. The molecule has 0 aliphatic carbocycles. The lowest BCUT2D eigenvalue weighted by molar-refractivity contribution is -0.177. The van der Waals surface area contributed by atoms with Gasteiger partial charge in [0.15, 0.2) is 0 Å². The van der Waals surface area contributed by atoms with Gasteiger partial charge in [-0.2, -0.15) is 13.2 Å². The molecular weight excluding hydrogens is 193 g/mol. The highest BCUT2D eigenvalue weighted by Gasteiger charge is 2.46. The molecule has 1 unspecified atom stereocenters. The fourth-order valence-electron chi connectivity index (χ4n) is 0.763. The van der Waals surface area contributed by atoms with E-state index in [1.165, 1.54) is 13.8 Å². The van der Waals surface area contributed by atoms with E-state index in [2.05, 4.69) is 0 Å². The van der Waals surface area contributed by atoms with Crippen molar-refractivity contribution in [3.8, 4) is 0 Å². The molecule has 0 aliphatic heterocycles. The highest BCUT2D eigenvalue weighted by Crippen LogP contribution is 2.32. The Morgan fingerprint density at radius 3 is 1.92 bits per heavy atom. The molecule has 12 heavy (non-hydrogen) atoms. The number of hydrogen-bond donors (Lipinski definition) is 2. The summed E-state index contributed by atoms with van der Waals surface area (Å²) in [6.07, 6.45) is -4.40. The van der Waals surface area contributed by atoms with Gasteiger partial charge in [-0.15, -0.1) is 12.4 Å². The van der Waals surface area contributed by atoms with Crippen LogP contribution in [0.2, 0.25) is 0 Å². The van der Waals surface area contributed by atoms with Crippen LogP contribution in [0.5, 0.6) is 0 Å². The highest BCUT2D eigenvalue weighted by molar-refractivity contribution is 5.85. The number of alkyl halides is 3. The quantitative estimate of drug-likeness (QED) is 0.509. The van der Waals surface area contributed by atoms with Crippen molar-refractivity contribution in [2.75, 3.05) is 0 Å². The number of hydrazine groups is 1. The van der Waals surface area contributed by atoms with Crippen LogP contribution in [0, 0.1) is 5.41 Å². The smallest absolute Gasteiger partial charge is 0.271 e. The molecule has 0 aromatic heterocycles. The van der Waals surface area contributed by atoms with Crippen LogP contribution in [-0.4, -0.2) is 12.2 Å². The first-order valence-electron chi connectivity index (χ1n) is 3.78. The van der Waals surface area contributed by atoms with Gasteiger partial charge in [-0.25, -0.2) is 5.43 Å². The fourth-order valence-corrected chi connectivity index (χ4v) is 0.763. The number of halogens is 4. The van der Waals surface area contributed by atoms with Crippen molar-refractivity contribution in [3.63, 3.8) is 0 Å². The molecule has 1 atom stereocenters. The highest BCUT2D eigenvalue weighted by atomic mass is 35.5. The van der Waals surface area contributed by atoms with Gasteiger partial charge >= 0.3 is 6.18 Å². The van der Waals surface area contributed by atoms with Gasteiger partial charge in [0.25, 0.3) is 0 Å². The van der Waals surface area contributed by atoms with Crippen molar-refractivity contribution in [1.82, 2.24) is 5.43 Å². The average Bonchev–Trinajstić information content (AvgIpc) is 1.85. The molecule has 0 saturated heterocycles. The van der Waals surface area contributed by atoms with E-state index in [0.717, 1.165) is 0 Å². The summed E-state index contributed by atoms with van der Waals surface area (Å²) in [5.41, 5.74) is 0.487. The molecule has 0 aromatic rings. The topological polar surface area (TPSA) is 38.0 Å². The third-order valence-corrected chi connectivity index (χ3v) is 1.28. The first-order valence-corrected chi connectivity index (χ1v) is 3.08. The number of nitrogens with one attached hydrogen (secondary N) is 1. The summed E-state index contributed by atoms with van der Waals surface area (Å²) >= 11 is 0. The van der Waals surface area contributed by atoms with Crippen LogP contribution in [0.25, 0.3) is 0 Å². The Balaban J connectivity index is 0. The van der Waals surface area contributed by atoms with E-state index in [-0.39, 0.29) is 19.3 Å². The monoisotopic (exact) mass is 207 g/mol. The molecule has 0 rings (SSSR count). The Kier molecular flexibility index (Phi) is 4.30. The first kappa shape index (κ1) is 12.0. The minimum absolute atomic E-state index is 0. The Morgan fingerprint density at radius 1 is 1.42 bits per heavy atom. The Hall–Kier alpha value is -0.0000000000000000555. The maximum Gasteiger partial charge on any atom is 0.405 e. The van der Waals surface area contributed by atoms with E-state index in [0.29, 0.717) is 0 Å². The zero-order chi connectivity index (χ0) is 9.99. The van der Waals surface area contributed by atoms with Crippen LogP contribution < -0.4 is 11.3 Å². The molecule has 3 N–H and O–H groups in total. The second-order valence-corrected chi connectivity index (χ2v) is 3.13. The minimum atomic E-state index is -4.40. The molecule has 0 aromatic carbocycles. The normalized spacial score (nSPS) is 16.3. The summed E-state index contributed by atoms with van der Waals surface area (Å²) in [5.74, 6) is 4.77. The van der Waals surface area contributed by atoms with Crippen LogP contribution in [-0.2, 0) is 0 Å². The van der Waals surface area contributed by atoms with E-state index in [1.54, 1.807) is 5.43 Å². The zero-order valence-electron chi connectivity index (χ0n) is 7.90. The third kappa shape index (κ3) is 4.13. The predicted octanol–water partition coefficient (Wildman–Crippen LogP) is 1.85. The van der Waals surface area contributed by atoms with Crippen molar-refractivity contribution < 1.29 is 14.5 Å². The van der Waals surface area contributed by atoms with Crippen molar-refractivity contribution >= 4 is 12.4 Å². The van der Waals surface area contributed by atoms with Gasteiger partial charge in [0.1, 0.15) is 6.04 Å². The number of rotatable bonds is 1. The molecule has 6 heteroatoms. The standard InChI is InChI=1S/C6H13F3N2.ClH/c1-5(2,3)4(11-10)6(7,8)9;/h4,11H,10H2,1-3H3;1H/i1D;. The van der Waals surface area contributed by atoms with Crippen molar-refractivity contribution in [2.45, 2.75) is 33.0 Å². The first-order chi connectivity index (χ1) is 5.25. The largest absolute Gasteiger partial charge is 0.405 e. The summed E-state index contributed by atoms with van der Waals surface area (Å²) in [4.78, 5) is 0. The number of hydrogen-bond acceptors (Lipinski definition) is 2. The molecule has 0 radical (unpaired) electrons. The van der Waals surface area contributed by atoms with E-state index >= 15 is 0 Å². The van der Waals surface area contributed by atoms with Gasteiger partial charge in [-0.3, -0.25) is 5.84 Å². The van der Waals surface area contributed by atoms with Gasteiger partial charge in [0.05, 0.1) is 0 Å². The molecule has 0 fully saturated rings. The van der Waals surface area contributed by atoms with Gasteiger partial charge in [0.2, 0.25) is 0 Å². The van der Waals surface area contributed by atoms with Crippen LogP contribution in [0.15, 0.2) is 0 Å². The summed E-state index contributed by atoms with van der Waals surface area (Å²) in [6, 6.07) is -1.83. The van der Waals surface area contributed by atoms with Gasteiger partial charge in [-0.1, -0.05) is 20.7 Å². The summed E-state index contributed by atoms with van der Waals surface area (Å²) in [5, 5.41) is 0. The molecule has 0 aliphatic rings. The maximum atomic E-state index is 12.2. The second-order valence-electron chi connectivity index (χ2n) is 3.13. The van der Waals surface area contributed by atoms with Crippen molar-refractivity contribution in [3.05, 3.63) is 0 Å². The zero-order valence-corrected chi connectivity index (χ0v) is 7.72. The molecule has 76 valence electrons. The van der Waals surface area contributed by atoms with Crippen molar-refractivity contribution in [1.29, 1.82) is 0 Å². The Labute approximate surface area is 77.5 Å². The van der Waals surface area contributed by atoms with Crippen LogP contribution in [0.4, 0.5) is 13.2 Å². The number of nitrogens with two attached hydrogens (primary N) is 1. The van der Waals surface area contributed by atoms with E-state index < -0.39 is 17.6 Å². The van der Waals surface area contributed by atoms with E-state index in [4.69, 9.17) is 7.21 Å². The van der Waals surface area contributed by atoms with Gasteiger partial charge in [0, 0.05) is 1.37 Å². The fraction of sp³-hybridized carbons (Fsp3) is 1.00.